The van der Waals surface area contributed by atoms with E-state index in [0.29, 0.717) is 42.9 Å². The van der Waals surface area contributed by atoms with Crippen LogP contribution in [-0.4, -0.2) is 66.7 Å². The molecule has 1 saturated carbocycles. The number of carbonyl (C=O) groups is 2. The molecule has 16 heteroatoms. The molecule has 1 heterocycles. The van der Waals surface area contributed by atoms with Gasteiger partial charge in [-0.15, -0.1) is 0 Å². The molecule has 4 unspecified atom stereocenters. The zero-order valence-electron chi connectivity index (χ0n) is 25.4. The molecule has 2 aromatic carbocycles. The van der Waals surface area contributed by atoms with E-state index in [1.807, 2.05) is 0 Å². The summed E-state index contributed by atoms with van der Waals surface area (Å²) in [5, 5.41) is 8.83. The number of likely N-dealkylation sites (tertiary alicyclic amines) is 1. The van der Waals surface area contributed by atoms with Crippen molar-refractivity contribution < 1.29 is 58.2 Å². The fourth-order valence-electron chi connectivity index (χ4n) is 7.61. The van der Waals surface area contributed by atoms with Crippen LogP contribution in [0.15, 0.2) is 47.4 Å². The zero-order chi connectivity index (χ0) is 35.3. The van der Waals surface area contributed by atoms with Crippen molar-refractivity contribution in [2.45, 2.75) is 85.1 Å². The molecule has 264 valence electrons. The first-order valence-corrected chi connectivity index (χ1v) is 18.0. The lowest BCUT2D eigenvalue weighted by Gasteiger charge is -2.36. The summed E-state index contributed by atoms with van der Waals surface area (Å²) in [4.78, 5) is 25.9. The topological polar surface area (TPSA) is 91.8 Å². The van der Waals surface area contributed by atoms with Crippen LogP contribution in [0.5, 0.6) is 0 Å². The van der Waals surface area contributed by atoms with Crippen molar-refractivity contribution >= 4 is 33.5 Å². The third-order valence-corrected chi connectivity index (χ3v) is 13.5. The third kappa shape index (κ3) is 6.20. The minimum atomic E-state index is -6.37. The van der Waals surface area contributed by atoms with Crippen LogP contribution in [0.2, 0.25) is 0 Å². The second kappa shape index (κ2) is 13.1. The molecular weight excluding hydrogens is 694 g/mol. The second-order valence-corrected chi connectivity index (χ2v) is 16.1. The Kier molecular flexibility index (Phi) is 9.94. The highest BCUT2D eigenvalue weighted by molar-refractivity contribution is 7.99. The molecular formula is C32H33F8NO5S2. The minimum absolute atomic E-state index is 0.0258. The van der Waals surface area contributed by atoms with Gasteiger partial charge in [-0.25, -0.2) is 17.2 Å². The van der Waals surface area contributed by atoms with Crippen molar-refractivity contribution in [2.24, 2.45) is 11.8 Å². The second-order valence-electron chi connectivity index (χ2n) is 12.6. The average Bonchev–Trinajstić information content (AvgIpc) is 3.55. The van der Waals surface area contributed by atoms with E-state index >= 15 is 4.39 Å². The number of carboxylic acids is 1. The maximum Gasteiger partial charge on any atom is 0.435 e. The summed E-state index contributed by atoms with van der Waals surface area (Å²) in [6.07, 6.45) is -10.1. The molecule has 1 aliphatic heterocycles. The van der Waals surface area contributed by atoms with Crippen LogP contribution in [0.25, 0.3) is 0 Å². The van der Waals surface area contributed by atoms with Gasteiger partial charge in [-0.2, -0.15) is 38.1 Å². The number of halogens is 8. The number of aliphatic carboxylic acids is 1. The van der Waals surface area contributed by atoms with Gasteiger partial charge >= 0.3 is 24.0 Å². The maximum atomic E-state index is 15.1. The Bertz CT molecular complexity index is 1630. The van der Waals surface area contributed by atoms with Crippen molar-refractivity contribution in [1.82, 2.24) is 4.90 Å². The number of fused-ring (bicyclic) bond motifs is 3. The van der Waals surface area contributed by atoms with E-state index < -0.39 is 68.3 Å². The number of rotatable bonds is 10. The number of alkyl halides is 7. The summed E-state index contributed by atoms with van der Waals surface area (Å²) >= 11 is 1.49. The minimum Gasteiger partial charge on any atom is -0.481 e. The molecule has 1 amide bonds. The number of hydrogen-bond acceptors (Lipinski definition) is 5. The van der Waals surface area contributed by atoms with Crippen molar-refractivity contribution in [3.63, 3.8) is 0 Å². The summed E-state index contributed by atoms with van der Waals surface area (Å²) in [5.41, 5.74) is -7.85. The zero-order valence-corrected chi connectivity index (χ0v) is 27.1. The molecule has 1 saturated heterocycles. The Hall–Kier alpha value is -2.88. The van der Waals surface area contributed by atoms with Crippen LogP contribution >= 0.6 is 11.8 Å². The number of benzene rings is 2. The van der Waals surface area contributed by atoms with Gasteiger partial charge in [0.2, 0.25) is 5.91 Å². The number of sulfone groups is 1. The summed E-state index contributed by atoms with van der Waals surface area (Å²) in [6, 6.07) is 4.09. The van der Waals surface area contributed by atoms with Crippen molar-refractivity contribution in [1.29, 1.82) is 0 Å². The largest absolute Gasteiger partial charge is 0.481 e. The molecule has 4 atom stereocenters. The highest BCUT2D eigenvalue weighted by Crippen LogP contribution is 2.58. The molecule has 5 rings (SSSR count). The van der Waals surface area contributed by atoms with Gasteiger partial charge in [0.05, 0.1) is 17.4 Å². The SMILES string of the molecule is O=C(O)CCSCCC1CCCC(C(=O)N2CCC3(S(=O)(=O)c4ccc(F)cc4)c4ccc(C(F)(C(F)(F)F)C(F)(F)F)cc4CC23)C1. The fraction of sp³-hybridized carbons (Fsp3) is 0.562. The van der Waals surface area contributed by atoms with Gasteiger partial charge in [0, 0.05) is 23.8 Å². The van der Waals surface area contributed by atoms with Crippen LogP contribution in [0.1, 0.15) is 61.6 Å². The lowest BCUT2D eigenvalue weighted by Crippen LogP contribution is -2.50. The van der Waals surface area contributed by atoms with E-state index in [-0.39, 0.29) is 47.2 Å². The summed E-state index contributed by atoms with van der Waals surface area (Å²) in [6.45, 7) is -0.0600. The maximum absolute atomic E-state index is 15.1. The van der Waals surface area contributed by atoms with Crippen molar-refractivity contribution in [3.05, 3.63) is 65.0 Å². The third-order valence-electron chi connectivity index (χ3n) is 9.94. The van der Waals surface area contributed by atoms with Crippen LogP contribution in [-0.2, 0) is 36.3 Å². The number of thioether (sulfide) groups is 1. The Morgan fingerprint density at radius 2 is 1.62 bits per heavy atom. The van der Waals surface area contributed by atoms with Crippen molar-refractivity contribution in [3.8, 4) is 0 Å². The fourth-order valence-corrected chi connectivity index (χ4v) is 11.0. The molecule has 48 heavy (non-hydrogen) atoms. The first-order chi connectivity index (χ1) is 22.3. The van der Waals surface area contributed by atoms with Gasteiger partial charge in [0.25, 0.3) is 0 Å². The normalized spacial score (nSPS) is 24.8. The highest BCUT2D eigenvalue weighted by atomic mass is 32.2. The molecule has 2 fully saturated rings. The molecule has 1 N–H and O–H groups in total. The Morgan fingerprint density at radius 3 is 2.25 bits per heavy atom. The summed E-state index contributed by atoms with van der Waals surface area (Å²) < 4.78 is 137. The van der Waals surface area contributed by atoms with Crippen LogP contribution in [0.4, 0.5) is 35.1 Å². The highest BCUT2D eigenvalue weighted by Gasteiger charge is 2.74. The standard InChI is InChI=1S/C32H33F8NO5S2/c33-23-5-7-24(8-6-23)48(45,46)29-12-13-41(28(44)20-3-1-2-19(16-20)10-14-47-15-11-27(42)43)26(29)18-21-17-22(4-9-25(21)29)30(34,31(35,36)37)32(38,39)40/h4-9,17,19-20,26H,1-3,10-16,18H2,(H,42,43). The first kappa shape index (κ1) is 36.4. The van der Waals surface area contributed by atoms with Gasteiger partial charge in [-0.05, 0) is 79.2 Å². The monoisotopic (exact) mass is 727 g/mol. The Labute approximate surface area is 276 Å². The van der Waals surface area contributed by atoms with Crippen LogP contribution in [0.3, 0.4) is 0 Å². The predicted molar refractivity (Wildman–Crippen MR) is 160 cm³/mol. The molecule has 2 aromatic rings. The molecule has 2 aliphatic carbocycles. The first-order valence-electron chi connectivity index (χ1n) is 15.4. The van der Waals surface area contributed by atoms with Crippen molar-refractivity contribution in [2.75, 3.05) is 18.1 Å². The average molecular weight is 728 g/mol. The van der Waals surface area contributed by atoms with E-state index in [0.717, 1.165) is 43.2 Å². The van der Waals surface area contributed by atoms with E-state index in [4.69, 9.17) is 5.11 Å². The van der Waals surface area contributed by atoms with E-state index in [9.17, 15) is 48.7 Å². The lowest BCUT2D eigenvalue weighted by molar-refractivity contribution is -0.348. The Morgan fingerprint density at radius 1 is 0.958 bits per heavy atom. The van der Waals surface area contributed by atoms with Gasteiger partial charge < -0.3 is 10.0 Å². The Balaban J connectivity index is 1.49. The van der Waals surface area contributed by atoms with Gasteiger partial charge in [-0.3, -0.25) is 9.59 Å². The van der Waals surface area contributed by atoms with Crippen LogP contribution in [0, 0.1) is 17.7 Å². The van der Waals surface area contributed by atoms with Gasteiger partial charge in [-0.1, -0.05) is 31.0 Å². The molecule has 0 spiro atoms. The molecule has 3 aliphatic rings. The number of carboxylic acid groups (broad SMARTS) is 1. The summed E-state index contributed by atoms with van der Waals surface area (Å²) in [5.74, 6) is -1.25. The molecule has 6 nitrogen and oxygen atoms in total. The molecule has 0 radical (unpaired) electrons. The molecule has 0 bridgehead atoms. The van der Waals surface area contributed by atoms with E-state index in [1.165, 1.54) is 16.7 Å². The van der Waals surface area contributed by atoms with Crippen LogP contribution < -0.4 is 0 Å². The number of nitrogens with zero attached hydrogens (tertiary/aromatic N) is 1. The van der Waals surface area contributed by atoms with E-state index in [2.05, 4.69) is 0 Å². The number of carbonyl (C=O) groups excluding carboxylic acids is 1. The quantitative estimate of drug-likeness (QED) is 0.157. The summed E-state index contributed by atoms with van der Waals surface area (Å²) in [7, 11) is -4.55. The molecule has 0 aromatic heterocycles. The predicted octanol–water partition coefficient (Wildman–Crippen LogP) is 7.35. The van der Waals surface area contributed by atoms with E-state index in [1.54, 1.807) is 0 Å². The van der Waals surface area contributed by atoms with Gasteiger partial charge in [0.1, 0.15) is 10.6 Å². The number of hydrogen-bond donors (Lipinski definition) is 1. The smallest absolute Gasteiger partial charge is 0.435 e. The lowest BCUT2D eigenvalue weighted by atomic mass is 9.79. The number of amides is 1. The van der Waals surface area contributed by atoms with Gasteiger partial charge in [0.15, 0.2) is 9.84 Å².